The molecule has 2 aromatic heterocycles. The monoisotopic (exact) mass is 354 g/mol. The first kappa shape index (κ1) is 16.9. The summed E-state index contributed by atoms with van der Waals surface area (Å²) >= 11 is 0. The minimum Gasteiger partial charge on any atom is -0.355 e. The highest BCUT2D eigenvalue weighted by Gasteiger charge is 2.38. The van der Waals surface area contributed by atoms with E-state index in [1.807, 2.05) is 0 Å². The standard InChI is InChI=1S/C15H13F3N4O3/c16-15(17,18)8-22-7-10(5-13(22)23)20-14(24)11-6-12(25-21-11)9-1-3-19-4-2-9/h1-4,6,10H,5,7-8H2,(H,20,24). The zero-order chi connectivity index (χ0) is 18.0. The molecule has 10 heteroatoms. The second-order valence-corrected chi connectivity index (χ2v) is 5.58. The van der Waals surface area contributed by atoms with E-state index in [1.165, 1.54) is 6.07 Å². The molecule has 3 heterocycles. The molecule has 1 fully saturated rings. The van der Waals surface area contributed by atoms with Crippen molar-refractivity contribution >= 4 is 11.8 Å². The molecule has 0 radical (unpaired) electrons. The molecule has 3 rings (SSSR count). The number of carbonyl (C=O) groups excluding carboxylic acids is 2. The Kier molecular flexibility index (Phi) is 4.43. The number of rotatable bonds is 4. The van der Waals surface area contributed by atoms with Crippen molar-refractivity contribution in [3.63, 3.8) is 0 Å². The number of likely N-dealkylation sites (tertiary alicyclic amines) is 1. The van der Waals surface area contributed by atoms with Crippen LogP contribution in [0.3, 0.4) is 0 Å². The van der Waals surface area contributed by atoms with Crippen molar-refractivity contribution in [1.29, 1.82) is 0 Å². The summed E-state index contributed by atoms with van der Waals surface area (Å²) in [5.74, 6) is -0.912. The van der Waals surface area contributed by atoms with Gasteiger partial charge >= 0.3 is 6.18 Å². The average Bonchev–Trinajstić information content (AvgIpc) is 3.15. The quantitative estimate of drug-likeness (QED) is 0.902. The zero-order valence-electron chi connectivity index (χ0n) is 12.8. The van der Waals surface area contributed by atoms with Crippen LogP contribution in [-0.4, -0.2) is 52.2 Å². The van der Waals surface area contributed by atoms with Crippen molar-refractivity contribution in [2.75, 3.05) is 13.1 Å². The van der Waals surface area contributed by atoms with Crippen molar-refractivity contribution in [2.24, 2.45) is 0 Å². The Morgan fingerprint density at radius 2 is 2.08 bits per heavy atom. The molecule has 1 aliphatic heterocycles. The first-order valence-corrected chi connectivity index (χ1v) is 7.34. The summed E-state index contributed by atoms with van der Waals surface area (Å²) < 4.78 is 42.3. The van der Waals surface area contributed by atoms with Gasteiger partial charge in [-0.05, 0) is 12.1 Å². The zero-order valence-corrected chi connectivity index (χ0v) is 12.8. The largest absolute Gasteiger partial charge is 0.406 e. The van der Waals surface area contributed by atoms with Crippen LogP contribution < -0.4 is 5.32 Å². The van der Waals surface area contributed by atoms with Crippen molar-refractivity contribution in [3.8, 4) is 11.3 Å². The molecule has 1 N–H and O–H groups in total. The van der Waals surface area contributed by atoms with E-state index in [0.29, 0.717) is 16.2 Å². The Bertz CT molecular complexity index is 776. The molecule has 1 saturated heterocycles. The highest BCUT2D eigenvalue weighted by molar-refractivity contribution is 5.94. The molecule has 25 heavy (non-hydrogen) atoms. The van der Waals surface area contributed by atoms with Crippen LogP contribution in [0.25, 0.3) is 11.3 Å². The molecule has 0 aromatic carbocycles. The van der Waals surface area contributed by atoms with Crippen LogP contribution in [0.5, 0.6) is 0 Å². The first-order valence-electron chi connectivity index (χ1n) is 7.34. The van der Waals surface area contributed by atoms with Gasteiger partial charge in [0, 0.05) is 37.0 Å². The van der Waals surface area contributed by atoms with Crippen LogP contribution in [0.15, 0.2) is 35.1 Å². The van der Waals surface area contributed by atoms with Crippen LogP contribution in [0, 0.1) is 0 Å². The molecule has 0 spiro atoms. The average molecular weight is 354 g/mol. The number of aromatic nitrogens is 2. The molecule has 1 aliphatic rings. The molecule has 2 aromatic rings. The number of nitrogens with zero attached hydrogens (tertiary/aromatic N) is 3. The third-order valence-electron chi connectivity index (χ3n) is 3.63. The Morgan fingerprint density at radius 3 is 2.76 bits per heavy atom. The lowest BCUT2D eigenvalue weighted by Crippen LogP contribution is -2.39. The molecule has 0 bridgehead atoms. The van der Waals surface area contributed by atoms with E-state index in [2.05, 4.69) is 15.5 Å². The number of amides is 2. The van der Waals surface area contributed by atoms with Crippen LogP contribution in [0.1, 0.15) is 16.9 Å². The van der Waals surface area contributed by atoms with E-state index >= 15 is 0 Å². The first-order chi connectivity index (χ1) is 11.8. The third kappa shape index (κ3) is 4.14. The molecule has 2 amide bonds. The normalized spacial score (nSPS) is 17.8. The number of halogens is 3. The summed E-state index contributed by atoms with van der Waals surface area (Å²) in [7, 11) is 0. The summed E-state index contributed by atoms with van der Waals surface area (Å²) in [6.45, 7) is -1.52. The van der Waals surface area contributed by atoms with Gasteiger partial charge in [-0.1, -0.05) is 5.16 Å². The fourth-order valence-corrected chi connectivity index (χ4v) is 2.53. The number of hydrogen-bond acceptors (Lipinski definition) is 5. The smallest absolute Gasteiger partial charge is 0.355 e. The molecule has 132 valence electrons. The van der Waals surface area contributed by atoms with Gasteiger partial charge in [0.15, 0.2) is 11.5 Å². The van der Waals surface area contributed by atoms with E-state index in [-0.39, 0.29) is 18.7 Å². The van der Waals surface area contributed by atoms with Gasteiger partial charge in [-0.15, -0.1) is 0 Å². The van der Waals surface area contributed by atoms with Gasteiger partial charge in [0.1, 0.15) is 6.54 Å². The summed E-state index contributed by atoms with van der Waals surface area (Å²) in [6, 6.07) is 4.05. The Hall–Kier alpha value is -2.91. The maximum absolute atomic E-state index is 12.4. The van der Waals surface area contributed by atoms with E-state index in [0.717, 1.165) is 0 Å². The van der Waals surface area contributed by atoms with E-state index in [1.54, 1.807) is 24.5 Å². The second-order valence-electron chi connectivity index (χ2n) is 5.58. The van der Waals surface area contributed by atoms with Gasteiger partial charge in [-0.25, -0.2) is 0 Å². The van der Waals surface area contributed by atoms with Crippen LogP contribution in [0.4, 0.5) is 13.2 Å². The van der Waals surface area contributed by atoms with Gasteiger partial charge in [0.25, 0.3) is 5.91 Å². The fourth-order valence-electron chi connectivity index (χ4n) is 2.53. The number of alkyl halides is 3. The maximum Gasteiger partial charge on any atom is 0.406 e. The van der Waals surface area contributed by atoms with Crippen LogP contribution in [0.2, 0.25) is 0 Å². The van der Waals surface area contributed by atoms with E-state index < -0.39 is 30.6 Å². The molecular formula is C15H13F3N4O3. The molecule has 1 unspecified atom stereocenters. The molecule has 1 atom stereocenters. The summed E-state index contributed by atoms with van der Waals surface area (Å²) in [5, 5.41) is 6.15. The van der Waals surface area contributed by atoms with Gasteiger partial charge in [0.2, 0.25) is 5.91 Å². The van der Waals surface area contributed by atoms with E-state index in [9.17, 15) is 22.8 Å². The molecule has 0 saturated carbocycles. The predicted octanol–water partition coefficient (Wildman–Crippen LogP) is 1.63. The van der Waals surface area contributed by atoms with Gasteiger partial charge < -0.3 is 14.7 Å². The second kappa shape index (κ2) is 6.54. The Labute approximate surface area is 139 Å². The molecular weight excluding hydrogens is 341 g/mol. The SMILES string of the molecule is O=C(NC1CC(=O)N(CC(F)(F)F)C1)c1cc(-c2ccncc2)on1. The van der Waals surface area contributed by atoms with Crippen LogP contribution in [-0.2, 0) is 4.79 Å². The highest BCUT2D eigenvalue weighted by atomic mass is 19.4. The number of pyridine rings is 1. The maximum atomic E-state index is 12.4. The summed E-state index contributed by atoms with van der Waals surface area (Å²) in [5.41, 5.74) is 0.655. The van der Waals surface area contributed by atoms with Gasteiger partial charge in [-0.3, -0.25) is 14.6 Å². The third-order valence-corrected chi connectivity index (χ3v) is 3.63. The number of carbonyl (C=O) groups is 2. The number of hydrogen-bond donors (Lipinski definition) is 1. The van der Waals surface area contributed by atoms with Crippen LogP contribution >= 0.6 is 0 Å². The fraction of sp³-hybridized carbons (Fsp3) is 0.333. The molecule has 7 nitrogen and oxygen atoms in total. The van der Waals surface area contributed by atoms with Crippen molar-refractivity contribution in [3.05, 3.63) is 36.3 Å². The van der Waals surface area contributed by atoms with Crippen molar-refractivity contribution in [2.45, 2.75) is 18.6 Å². The van der Waals surface area contributed by atoms with Crippen molar-refractivity contribution in [1.82, 2.24) is 20.4 Å². The predicted molar refractivity (Wildman–Crippen MR) is 78.2 cm³/mol. The Morgan fingerprint density at radius 1 is 1.36 bits per heavy atom. The van der Waals surface area contributed by atoms with Crippen molar-refractivity contribution < 1.29 is 27.3 Å². The lowest BCUT2D eigenvalue weighted by molar-refractivity contribution is -0.157. The Balaban J connectivity index is 1.62. The highest BCUT2D eigenvalue weighted by Crippen LogP contribution is 2.22. The lowest BCUT2D eigenvalue weighted by atomic mass is 10.2. The molecule has 0 aliphatic carbocycles. The van der Waals surface area contributed by atoms with E-state index in [4.69, 9.17) is 4.52 Å². The summed E-state index contributed by atoms with van der Waals surface area (Å²) in [4.78, 5) is 28.3. The lowest BCUT2D eigenvalue weighted by Gasteiger charge is -2.18. The minimum atomic E-state index is -4.47. The van der Waals surface area contributed by atoms with Gasteiger partial charge in [0.05, 0.1) is 6.04 Å². The minimum absolute atomic E-state index is 0.0199. The topological polar surface area (TPSA) is 88.3 Å². The van der Waals surface area contributed by atoms with Gasteiger partial charge in [-0.2, -0.15) is 13.2 Å². The summed E-state index contributed by atoms with van der Waals surface area (Å²) in [6.07, 6.45) is -1.55. The number of nitrogens with one attached hydrogen (secondary N) is 1.